The van der Waals surface area contributed by atoms with Crippen LogP contribution in [-0.4, -0.2) is 36.6 Å². The highest BCUT2D eigenvalue weighted by molar-refractivity contribution is 7.13. The first kappa shape index (κ1) is 14.6. The minimum absolute atomic E-state index is 0.138. The Hall–Kier alpha value is -1.47. The fraction of sp³-hybridized carbons (Fsp3) is 0.545. The van der Waals surface area contributed by atoms with Crippen molar-refractivity contribution in [3.8, 4) is 0 Å². The van der Waals surface area contributed by atoms with Crippen LogP contribution in [0.25, 0.3) is 0 Å². The van der Waals surface area contributed by atoms with E-state index in [1.807, 2.05) is 0 Å². The molecule has 0 fully saturated rings. The highest BCUT2D eigenvalue weighted by Gasteiger charge is 2.04. The lowest BCUT2D eigenvalue weighted by molar-refractivity contribution is -0.143. The van der Waals surface area contributed by atoms with Crippen molar-refractivity contribution in [1.82, 2.24) is 10.3 Å². The van der Waals surface area contributed by atoms with Gasteiger partial charge in [0, 0.05) is 18.0 Å². The molecule has 100 valence electrons. The second-order valence-electron chi connectivity index (χ2n) is 3.47. The maximum Gasteiger partial charge on any atom is 0.305 e. The maximum absolute atomic E-state index is 11.4. The van der Waals surface area contributed by atoms with Crippen molar-refractivity contribution in [3.63, 3.8) is 0 Å². The zero-order valence-corrected chi connectivity index (χ0v) is 11.1. The smallest absolute Gasteiger partial charge is 0.305 e. The molecule has 0 saturated carbocycles. The monoisotopic (exact) mass is 271 g/mol. The Morgan fingerprint density at radius 3 is 3.00 bits per heavy atom. The average molecular weight is 271 g/mol. The van der Waals surface area contributed by atoms with Gasteiger partial charge in [0.2, 0.25) is 5.91 Å². The summed E-state index contributed by atoms with van der Waals surface area (Å²) in [5, 5.41) is 7.99. The van der Waals surface area contributed by atoms with Gasteiger partial charge >= 0.3 is 5.97 Å². The van der Waals surface area contributed by atoms with Crippen LogP contribution in [-0.2, 0) is 14.3 Å². The minimum atomic E-state index is -0.202. The summed E-state index contributed by atoms with van der Waals surface area (Å²) < 4.78 is 4.79. The minimum Gasteiger partial charge on any atom is -0.466 e. The van der Waals surface area contributed by atoms with E-state index in [-0.39, 0.29) is 18.4 Å². The molecule has 0 aliphatic carbocycles. The molecule has 0 spiro atoms. The van der Waals surface area contributed by atoms with E-state index >= 15 is 0 Å². The number of amides is 1. The number of nitrogens with one attached hydrogen (secondary N) is 2. The number of thiazole rings is 1. The van der Waals surface area contributed by atoms with Gasteiger partial charge in [-0.15, -0.1) is 11.3 Å². The average Bonchev–Trinajstić information content (AvgIpc) is 2.81. The van der Waals surface area contributed by atoms with E-state index in [1.165, 1.54) is 11.3 Å². The third-order valence-electron chi connectivity index (χ3n) is 2.00. The van der Waals surface area contributed by atoms with Crippen LogP contribution in [0, 0.1) is 0 Å². The molecule has 0 unspecified atom stereocenters. The van der Waals surface area contributed by atoms with E-state index < -0.39 is 0 Å². The summed E-state index contributed by atoms with van der Waals surface area (Å²) in [6.45, 7) is 2.99. The summed E-state index contributed by atoms with van der Waals surface area (Å²) in [4.78, 5) is 26.4. The first-order valence-corrected chi connectivity index (χ1v) is 6.66. The largest absolute Gasteiger partial charge is 0.466 e. The van der Waals surface area contributed by atoms with Gasteiger partial charge in [0.05, 0.1) is 13.2 Å². The molecular formula is C11H17N3O3S. The molecule has 6 nitrogen and oxygen atoms in total. The maximum atomic E-state index is 11.4. The van der Waals surface area contributed by atoms with Crippen molar-refractivity contribution < 1.29 is 14.3 Å². The van der Waals surface area contributed by atoms with Gasteiger partial charge < -0.3 is 15.4 Å². The molecule has 0 radical (unpaired) electrons. The number of hydrogen-bond acceptors (Lipinski definition) is 6. The quantitative estimate of drug-likeness (QED) is 0.545. The van der Waals surface area contributed by atoms with Gasteiger partial charge in [0.1, 0.15) is 0 Å². The summed E-state index contributed by atoms with van der Waals surface area (Å²) in [5.74, 6) is -0.340. The van der Waals surface area contributed by atoms with E-state index in [0.717, 1.165) is 0 Å². The number of anilines is 1. The summed E-state index contributed by atoms with van der Waals surface area (Å²) in [6, 6.07) is 0. The van der Waals surface area contributed by atoms with Gasteiger partial charge in [0.15, 0.2) is 5.13 Å². The lowest BCUT2D eigenvalue weighted by Gasteiger charge is -2.04. The van der Waals surface area contributed by atoms with Gasteiger partial charge in [-0.25, -0.2) is 4.98 Å². The van der Waals surface area contributed by atoms with Gasteiger partial charge in [-0.05, 0) is 19.9 Å². The van der Waals surface area contributed by atoms with E-state index in [2.05, 4.69) is 15.6 Å². The summed E-state index contributed by atoms with van der Waals surface area (Å²) in [5.41, 5.74) is 0. The van der Waals surface area contributed by atoms with Gasteiger partial charge in [0.25, 0.3) is 0 Å². The van der Waals surface area contributed by atoms with Crippen LogP contribution < -0.4 is 10.6 Å². The van der Waals surface area contributed by atoms with Gasteiger partial charge in [-0.3, -0.25) is 9.59 Å². The van der Waals surface area contributed by atoms with Crippen LogP contribution in [0.4, 0.5) is 5.13 Å². The molecule has 7 heteroatoms. The zero-order valence-electron chi connectivity index (χ0n) is 10.3. The molecule has 0 atom stereocenters. The standard InChI is InChI=1S/C11H17N3O3S/c1-2-17-10(16)4-3-5-12-8-9(15)14-11-13-6-7-18-11/h6-7,12H,2-5,8H2,1H3,(H,13,14,15). The van der Waals surface area contributed by atoms with Crippen molar-refractivity contribution in [2.75, 3.05) is 25.0 Å². The molecule has 2 N–H and O–H groups in total. The van der Waals surface area contributed by atoms with Crippen molar-refractivity contribution in [1.29, 1.82) is 0 Å². The molecule has 18 heavy (non-hydrogen) atoms. The molecule has 0 bridgehead atoms. The number of hydrogen-bond donors (Lipinski definition) is 2. The van der Waals surface area contributed by atoms with Crippen molar-refractivity contribution >= 4 is 28.3 Å². The lowest BCUT2D eigenvalue weighted by atomic mass is 10.3. The molecule has 1 amide bonds. The fourth-order valence-electron chi connectivity index (χ4n) is 1.24. The fourth-order valence-corrected chi connectivity index (χ4v) is 1.79. The molecule has 1 aromatic rings. The first-order valence-electron chi connectivity index (χ1n) is 5.78. The van der Waals surface area contributed by atoms with E-state index in [1.54, 1.807) is 18.5 Å². The second-order valence-corrected chi connectivity index (χ2v) is 4.37. The van der Waals surface area contributed by atoms with Crippen LogP contribution in [0.3, 0.4) is 0 Å². The SMILES string of the molecule is CCOC(=O)CCCNCC(=O)Nc1nccs1. The number of rotatable bonds is 8. The van der Waals surface area contributed by atoms with Crippen molar-refractivity contribution in [3.05, 3.63) is 11.6 Å². The van der Waals surface area contributed by atoms with E-state index in [0.29, 0.717) is 31.1 Å². The lowest BCUT2D eigenvalue weighted by Crippen LogP contribution is -2.29. The summed E-state index contributed by atoms with van der Waals surface area (Å²) >= 11 is 1.37. The van der Waals surface area contributed by atoms with Crippen LogP contribution in [0.5, 0.6) is 0 Å². The molecule has 0 saturated heterocycles. The van der Waals surface area contributed by atoms with E-state index in [9.17, 15) is 9.59 Å². The summed E-state index contributed by atoms with van der Waals surface area (Å²) in [7, 11) is 0. The van der Waals surface area contributed by atoms with Crippen LogP contribution in [0.15, 0.2) is 11.6 Å². The highest BCUT2D eigenvalue weighted by atomic mass is 32.1. The topological polar surface area (TPSA) is 80.3 Å². The molecular weight excluding hydrogens is 254 g/mol. The molecule has 0 aromatic carbocycles. The molecule has 1 heterocycles. The Balaban J connectivity index is 2.00. The van der Waals surface area contributed by atoms with Gasteiger partial charge in [-0.1, -0.05) is 0 Å². The van der Waals surface area contributed by atoms with Crippen molar-refractivity contribution in [2.24, 2.45) is 0 Å². The number of carbonyl (C=O) groups excluding carboxylic acids is 2. The third-order valence-corrected chi connectivity index (χ3v) is 2.69. The van der Waals surface area contributed by atoms with Crippen LogP contribution in [0.2, 0.25) is 0 Å². The number of ether oxygens (including phenoxy) is 1. The molecule has 0 aliphatic rings. The molecule has 1 aromatic heterocycles. The Morgan fingerprint density at radius 2 is 2.33 bits per heavy atom. The normalized spacial score (nSPS) is 10.1. The number of carbonyl (C=O) groups is 2. The Morgan fingerprint density at radius 1 is 1.50 bits per heavy atom. The first-order chi connectivity index (χ1) is 8.72. The van der Waals surface area contributed by atoms with Crippen LogP contribution in [0.1, 0.15) is 19.8 Å². The van der Waals surface area contributed by atoms with Crippen LogP contribution >= 0.6 is 11.3 Å². The third kappa shape index (κ3) is 6.31. The van der Waals surface area contributed by atoms with Gasteiger partial charge in [-0.2, -0.15) is 0 Å². The predicted molar refractivity (Wildman–Crippen MR) is 69.5 cm³/mol. The number of nitrogens with zero attached hydrogens (tertiary/aromatic N) is 1. The Bertz CT molecular complexity index is 368. The Labute approximate surface area is 110 Å². The number of aromatic nitrogens is 1. The predicted octanol–water partition coefficient (Wildman–Crippen LogP) is 1.01. The molecule has 1 rings (SSSR count). The zero-order chi connectivity index (χ0) is 13.2. The second kappa shape index (κ2) is 8.60. The van der Waals surface area contributed by atoms with E-state index in [4.69, 9.17) is 4.74 Å². The number of esters is 1. The summed E-state index contributed by atoms with van der Waals surface area (Å²) in [6.07, 6.45) is 2.66. The molecule has 0 aliphatic heterocycles. The Kier molecular flexibility index (Phi) is 6.97. The highest BCUT2D eigenvalue weighted by Crippen LogP contribution is 2.09. The van der Waals surface area contributed by atoms with Crippen molar-refractivity contribution in [2.45, 2.75) is 19.8 Å².